The Morgan fingerprint density at radius 2 is 2.29 bits per heavy atom. The van der Waals surface area contributed by atoms with Gasteiger partial charge >= 0.3 is 0 Å². The van der Waals surface area contributed by atoms with Crippen LogP contribution in [0.3, 0.4) is 0 Å². The minimum atomic E-state index is -0.338. The molecule has 1 amide bonds. The maximum absolute atomic E-state index is 11.6. The molecule has 0 spiro atoms. The molecule has 0 aliphatic carbocycles. The van der Waals surface area contributed by atoms with Crippen molar-refractivity contribution in [3.63, 3.8) is 0 Å². The monoisotopic (exact) mass is 200 g/mol. The van der Waals surface area contributed by atoms with E-state index in [1.165, 1.54) is 0 Å². The molecule has 1 rings (SSSR count). The number of likely N-dealkylation sites (tertiary alicyclic amines) is 1. The molecule has 1 fully saturated rings. The molecule has 14 heavy (non-hydrogen) atoms. The highest BCUT2D eigenvalue weighted by molar-refractivity contribution is 5.82. The summed E-state index contributed by atoms with van der Waals surface area (Å²) < 4.78 is 0. The molecule has 1 unspecified atom stereocenters. The number of unbranched alkanes of at least 4 members (excludes halogenated alkanes) is 1. The van der Waals surface area contributed by atoms with Gasteiger partial charge in [-0.25, -0.2) is 0 Å². The fourth-order valence-corrected chi connectivity index (χ4v) is 1.65. The Morgan fingerprint density at radius 3 is 2.79 bits per heavy atom. The number of amides is 1. The molecule has 4 heteroatoms. The fourth-order valence-electron chi connectivity index (χ4n) is 1.65. The molecule has 1 heterocycles. The van der Waals surface area contributed by atoms with Crippen molar-refractivity contribution in [2.45, 2.75) is 32.2 Å². The van der Waals surface area contributed by atoms with Gasteiger partial charge in [0.25, 0.3) is 0 Å². The van der Waals surface area contributed by atoms with Gasteiger partial charge in [-0.3, -0.25) is 4.79 Å². The van der Waals surface area contributed by atoms with Gasteiger partial charge in [-0.2, -0.15) is 0 Å². The molecule has 0 aromatic heterocycles. The highest BCUT2D eigenvalue weighted by atomic mass is 16.3. The number of nitrogens with zero attached hydrogens (tertiary/aromatic N) is 1. The third-order valence-corrected chi connectivity index (χ3v) is 2.71. The van der Waals surface area contributed by atoms with E-state index in [2.05, 4.69) is 6.92 Å². The predicted octanol–water partition coefficient (Wildman–Crippen LogP) is -0.0454. The third kappa shape index (κ3) is 2.69. The lowest BCUT2D eigenvalue weighted by Gasteiger charge is -2.39. The Labute approximate surface area is 85.1 Å². The summed E-state index contributed by atoms with van der Waals surface area (Å²) in [6.45, 7) is 3.61. The second-order valence-electron chi connectivity index (χ2n) is 4.04. The molecule has 1 saturated heterocycles. The fraction of sp³-hybridized carbons (Fsp3) is 0.900. The van der Waals surface area contributed by atoms with Crippen LogP contribution in [-0.4, -0.2) is 41.7 Å². The van der Waals surface area contributed by atoms with Crippen LogP contribution in [0.15, 0.2) is 0 Å². The van der Waals surface area contributed by atoms with E-state index in [-0.39, 0.29) is 24.5 Å². The van der Waals surface area contributed by atoms with Crippen molar-refractivity contribution in [1.29, 1.82) is 0 Å². The molecular weight excluding hydrogens is 180 g/mol. The Hall–Kier alpha value is -0.610. The summed E-state index contributed by atoms with van der Waals surface area (Å²) in [5.74, 6) is 0.320. The SMILES string of the molecule is CCCCC(N)C(=O)N1CC(CO)C1. The van der Waals surface area contributed by atoms with Crippen molar-refractivity contribution >= 4 is 5.91 Å². The van der Waals surface area contributed by atoms with Crippen LogP contribution >= 0.6 is 0 Å². The van der Waals surface area contributed by atoms with Crippen LogP contribution < -0.4 is 5.73 Å². The Bertz CT molecular complexity index is 184. The number of aliphatic hydroxyl groups excluding tert-OH is 1. The first-order chi connectivity index (χ1) is 6.69. The predicted molar refractivity (Wildman–Crippen MR) is 54.7 cm³/mol. The van der Waals surface area contributed by atoms with Gasteiger partial charge in [-0.05, 0) is 6.42 Å². The van der Waals surface area contributed by atoms with Crippen molar-refractivity contribution in [1.82, 2.24) is 4.90 Å². The van der Waals surface area contributed by atoms with Crippen LogP contribution in [0.4, 0.5) is 0 Å². The van der Waals surface area contributed by atoms with Gasteiger partial charge in [0.1, 0.15) is 0 Å². The van der Waals surface area contributed by atoms with Crippen molar-refractivity contribution in [2.24, 2.45) is 11.7 Å². The number of aliphatic hydroxyl groups is 1. The summed E-state index contributed by atoms with van der Waals surface area (Å²) in [4.78, 5) is 13.3. The Balaban J connectivity index is 2.21. The van der Waals surface area contributed by atoms with Crippen LogP contribution in [0.1, 0.15) is 26.2 Å². The Morgan fingerprint density at radius 1 is 1.64 bits per heavy atom. The summed E-state index contributed by atoms with van der Waals surface area (Å²) in [7, 11) is 0. The van der Waals surface area contributed by atoms with E-state index < -0.39 is 0 Å². The van der Waals surface area contributed by atoms with Gasteiger partial charge in [-0.1, -0.05) is 19.8 Å². The number of rotatable bonds is 5. The molecular formula is C10H20N2O2. The molecule has 82 valence electrons. The molecule has 4 nitrogen and oxygen atoms in total. The van der Waals surface area contributed by atoms with Gasteiger partial charge < -0.3 is 15.7 Å². The summed E-state index contributed by atoms with van der Waals surface area (Å²) in [5, 5.41) is 8.80. The molecule has 0 aromatic rings. The number of carbonyl (C=O) groups is 1. The largest absolute Gasteiger partial charge is 0.396 e. The average molecular weight is 200 g/mol. The van der Waals surface area contributed by atoms with Crippen LogP contribution in [0.5, 0.6) is 0 Å². The molecule has 0 bridgehead atoms. The highest BCUT2D eigenvalue weighted by Crippen LogP contribution is 2.16. The van der Waals surface area contributed by atoms with E-state index in [1.807, 2.05) is 0 Å². The van der Waals surface area contributed by atoms with Crippen LogP contribution in [0, 0.1) is 5.92 Å². The smallest absolute Gasteiger partial charge is 0.239 e. The summed E-state index contributed by atoms with van der Waals surface area (Å²) in [6.07, 6.45) is 2.85. The molecule has 3 N–H and O–H groups in total. The van der Waals surface area contributed by atoms with Crippen LogP contribution in [-0.2, 0) is 4.79 Å². The zero-order chi connectivity index (χ0) is 10.6. The lowest BCUT2D eigenvalue weighted by molar-refractivity contribution is -0.140. The highest BCUT2D eigenvalue weighted by Gasteiger charge is 2.32. The number of carbonyl (C=O) groups excluding carboxylic acids is 1. The average Bonchev–Trinajstić information content (AvgIpc) is 2.12. The van der Waals surface area contributed by atoms with Crippen molar-refractivity contribution < 1.29 is 9.90 Å². The minimum Gasteiger partial charge on any atom is -0.396 e. The lowest BCUT2D eigenvalue weighted by Crippen LogP contribution is -2.56. The quantitative estimate of drug-likeness (QED) is 0.654. The number of hydrogen-bond acceptors (Lipinski definition) is 3. The van der Waals surface area contributed by atoms with E-state index in [1.54, 1.807) is 4.90 Å². The molecule has 1 atom stereocenters. The van der Waals surface area contributed by atoms with Gasteiger partial charge in [0.2, 0.25) is 5.91 Å². The molecule has 0 saturated carbocycles. The van der Waals surface area contributed by atoms with Gasteiger partial charge in [0.05, 0.1) is 6.04 Å². The first-order valence-corrected chi connectivity index (χ1v) is 5.34. The standard InChI is InChI=1S/C10H20N2O2/c1-2-3-4-9(11)10(14)12-5-8(6-12)7-13/h8-9,13H,2-7,11H2,1H3. The third-order valence-electron chi connectivity index (χ3n) is 2.71. The van der Waals surface area contributed by atoms with Crippen LogP contribution in [0.2, 0.25) is 0 Å². The summed E-state index contributed by atoms with van der Waals surface area (Å²) >= 11 is 0. The maximum Gasteiger partial charge on any atom is 0.239 e. The first-order valence-electron chi connectivity index (χ1n) is 5.34. The van der Waals surface area contributed by atoms with E-state index in [4.69, 9.17) is 10.8 Å². The van der Waals surface area contributed by atoms with Crippen molar-refractivity contribution in [2.75, 3.05) is 19.7 Å². The molecule has 1 aliphatic heterocycles. The second-order valence-corrected chi connectivity index (χ2v) is 4.04. The topological polar surface area (TPSA) is 66.6 Å². The lowest BCUT2D eigenvalue weighted by atomic mass is 9.99. The van der Waals surface area contributed by atoms with E-state index >= 15 is 0 Å². The minimum absolute atomic E-state index is 0.0446. The van der Waals surface area contributed by atoms with E-state index in [9.17, 15) is 4.79 Å². The Kier molecular flexibility index (Phi) is 4.35. The summed E-state index contributed by atoms with van der Waals surface area (Å²) in [5.41, 5.74) is 5.75. The van der Waals surface area contributed by atoms with E-state index in [0.717, 1.165) is 19.3 Å². The molecule has 0 radical (unpaired) electrons. The zero-order valence-electron chi connectivity index (χ0n) is 8.78. The first kappa shape index (κ1) is 11.5. The second kappa shape index (κ2) is 5.32. The van der Waals surface area contributed by atoms with Crippen molar-refractivity contribution in [3.05, 3.63) is 0 Å². The molecule has 1 aliphatic rings. The van der Waals surface area contributed by atoms with Crippen molar-refractivity contribution in [3.8, 4) is 0 Å². The van der Waals surface area contributed by atoms with Crippen LogP contribution in [0.25, 0.3) is 0 Å². The van der Waals surface area contributed by atoms with Gasteiger partial charge in [0, 0.05) is 25.6 Å². The maximum atomic E-state index is 11.6. The molecule has 0 aromatic carbocycles. The number of hydrogen-bond donors (Lipinski definition) is 2. The zero-order valence-corrected chi connectivity index (χ0v) is 8.78. The number of nitrogens with two attached hydrogens (primary N) is 1. The normalized spacial score (nSPS) is 19.2. The van der Waals surface area contributed by atoms with Gasteiger partial charge in [0.15, 0.2) is 0 Å². The van der Waals surface area contributed by atoms with Gasteiger partial charge in [-0.15, -0.1) is 0 Å². The van der Waals surface area contributed by atoms with E-state index in [0.29, 0.717) is 13.1 Å². The summed E-state index contributed by atoms with van der Waals surface area (Å²) in [6, 6.07) is -0.338.